The lowest BCUT2D eigenvalue weighted by atomic mass is 10.1. The summed E-state index contributed by atoms with van der Waals surface area (Å²) in [7, 11) is 0. The van der Waals surface area contributed by atoms with Gasteiger partial charge in [-0.15, -0.1) is 6.58 Å². The lowest BCUT2D eigenvalue weighted by molar-refractivity contribution is 0.0658. The van der Waals surface area contributed by atoms with Crippen molar-refractivity contribution in [2.24, 2.45) is 0 Å². The molecule has 0 saturated heterocycles. The normalized spacial score (nSPS) is 11.2. The first-order valence-corrected chi connectivity index (χ1v) is 6.79. The number of aromatic hydroxyl groups is 1. The highest BCUT2D eigenvalue weighted by molar-refractivity contribution is 6.11. The Bertz CT molecular complexity index is 1040. The molecule has 0 unspecified atom stereocenters. The largest absolute Gasteiger partial charge is 0.501 e. The molecule has 3 aromatic rings. The van der Waals surface area contributed by atoms with E-state index in [1.807, 2.05) is 4.57 Å². The minimum absolute atomic E-state index is 0.0473. The second-order valence-corrected chi connectivity index (χ2v) is 5.15. The number of aromatic nitrogens is 1. The van der Waals surface area contributed by atoms with E-state index in [9.17, 15) is 14.7 Å². The molecule has 118 valence electrons. The van der Waals surface area contributed by atoms with Crippen LogP contribution in [0, 0.1) is 6.92 Å². The van der Waals surface area contributed by atoms with Crippen molar-refractivity contribution in [3.8, 4) is 5.75 Å². The van der Waals surface area contributed by atoms with Crippen molar-refractivity contribution in [3.05, 3.63) is 46.5 Å². The van der Waals surface area contributed by atoms with Gasteiger partial charge in [-0.05, 0) is 19.1 Å². The summed E-state index contributed by atoms with van der Waals surface area (Å²) in [4.78, 5) is 23.4. The molecule has 2 heterocycles. The van der Waals surface area contributed by atoms with Gasteiger partial charge in [-0.3, -0.25) is 4.79 Å². The second kappa shape index (κ2) is 4.91. The van der Waals surface area contributed by atoms with Gasteiger partial charge in [0.1, 0.15) is 0 Å². The summed E-state index contributed by atoms with van der Waals surface area (Å²) in [5, 5.41) is 19.3. The fourth-order valence-corrected chi connectivity index (χ4v) is 2.74. The fourth-order valence-electron chi connectivity index (χ4n) is 2.74. The third-order valence-corrected chi connectivity index (χ3v) is 3.88. The molecule has 0 amide bonds. The number of carboxylic acids is 1. The molecule has 4 N–H and O–H groups in total. The van der Waals surface area contributed by atoms with Gasteiger partial charge < -0.3 is 24.9 Å². The molecule has 3 rings (SSSR count). The SMILES string of the molecule is C=CCn1c(C)c(N)c2c3oc(C(=O)O)c(O)c(=O)c3ccc21. The molecule has 23 heavy (non-hydrogen) atoms. The molecule has 7 heteroatoms. The third-order valence-electron chi connectivity index (χ3n) is 3.88. The zero-order valence-corrected chi connectivity index (χ0v) is 12.3. The number of aromatic carboxylic acids is 1. The van der Waals surface area contributed by atoms with Gasteiger partial charge in [0.15, 0.2) is 5.58 Å². The highest BCUT2D eigenvalue weighted by atomic mass is 16.4. The van der Waals surface area contributed by atoms with Crippen LogP contribution in [-0.2, 0) is 6.54 Å². The highest BCUT2D eigenvalue weighted by Crippen LogP contribution is 2.35. The van der Waals surface area contributed by atoms with Crippen molar-refractivity contribution < 1.29 is 19.4 Å². The van der Waals surface area contributed by atoms with Crippen LogP contribution >= 0.6 is 0 Å². The first-order valence-electron chi connectivity index (χ1n) is 6.79. The Morgan fingerprint density at radius 1 is 1.48 bits per heavy atom. The molecule has 0 radical (unpaired) electrons. The lowest BCUT2D eigenvalue weighted by Gasteiger charge is -2.06. The number of allylic oxidation sites excluding steroid dienone is 1. The number of fused-ring (bicyclic) bond motifs is 3. The van der Waals surface area contributed by atoms with E-state index in [2.05, 4.69) is 6.58 Å². The summed E-state index contributed by atoms with van der Waals surface area (Å²) in [5.41, 5.74) is 7.19. The van der Waals surface area contributed by atoms with Crippen LogP contribution in [0.5, 0.6) is 5.75 Å². The van der Waals surface area contributed by atoms with E-state index in [0.29, 0.717) is 23.1 Å². The Hall–Kier alpha value is -3.22. The van der Waals surface area contributed by atoms with Gasteiger partial charge in [0.2, 0.25) is 11.2 Å². The van der Waals surface area contributed by atoms with Crippen molar-refractivity contribution >= 4 is 33.5 Å². The number of nitrogens with two attached hydrogens (primary N) is 1. The Labute approximate surface area is 129 Å². The van der Waals surface area contributed by atoms with Crippen molar-refractivity contribution in [2.75, 3.05) is 5.73 Å². The number of nitrogen functional groups attached to an aromatic ring is 1. The minimum Gasteiger partial charge on any atom is -0.501 e. The molecule has 2 aromatic heterocycles. The molecule has 0 fully saturated rings. The van der Waals surface area contributed by atoms with Gasteiger partial charge in [0.25, 0.3) is 5.76 Å². The van der Waals surface area contributed by atoms with Crippen LogP contribution < -0.4 is 11.2 Å². The topological polar surface area (TPSA) is 119 Å². The van der Waals surface area contributed by atoms with E-state index in [1.165, 1.54) is 6.07 Å². The monoisotopic (exact) mass is 314 g/mol. The predicted molar refractivity (Wildman–Crippen MR) is 86.0 cm³/mol. The summed E-state index contributed by atoms with van der Waals surface area (Å²) in [6.45, 7) is 6.00. The summed E-state index contributed by atoms with van der Waals surface area (Å²) < 4.78 is 7.19. The maximum Gasteiger partial charge on any atom is 0.375 e. The van der Waals surface area contributed by atoms with Crippen LogP contribution in [0.2, 0.25) is 0 Å². The van der Waals surface area contributed by atoms with E-state index >= 15 is 0 Å². The number of carbonyl (C=O) groups is 1. The Balaban J connectivity index is 2.58. The highest BCUT2D eigenvalue weighted by Gasteiger charge is 2.23. The number of anilines is 1. The predicted octanol–water partition coefficient (Wildman–Crippen LogP) is 2.23. The first-order chi connectivity index (χ1) is 10.9. The zero-order chi connectivity index (χ0) is 16.9. The molecular weight excluding hydrogens is 300 g/mol. The number of rotatable bonds is 3. The number of hydrogen-bond donors (Lipinski definition) is 3. The van der Waals surface area contributed by atoms with Crippen molar-refractivity contribution in [2.45, 2.75) is 13.5 Å². The quantitative estimate of drug-likeness (QED) is 0.638. The molecule has 0 bridgehead atoms. The average molecular weight is 314 g/mol. The van der Waals surface area contributed by atoms with Gasteiger partial charge in [-0.2, -0.15) is 0 Å². The lowest BCUT2D eigenvalue weighted by Crippen LogP contribution is -2.08. The van der Waals surface area contributed by atoms with Gasteiger partial charge >= 0.3 is 5.97 Å². The van der Waals surface area contributed by atoms with Gasteiger partial charge in [0.05, 0.1) is 22.0 Å². The van der Waals surface area contributed by atoms with Crippen LogP contribution in [0.15, 0.2) is 34.0 Å². The molecule has 7 nitrogen and oxygen atoms in total. The number of nitrogens with zero attached hydrogens (tertiary/aromatic N) is 1. The smallest absolute Gasteiger partial charge is 0.375 e. The average Bonchev–Trinajstić information content (AvgIpc) is 2.76. The van der Waals surface area contributed by atoms with Crippen LogP contribution in [0.3, 0.4) is 0 Å². The molecule has 1 aromatic carbocycles. The van der Waals surface area contributed by atoms with Crippen LogP contribution in [0.4, 0.5) is 5.69 Å². The third kappa shape index (κ3) is 1.90. The van der Waals surface area contributed by atoms with Crippen LogP contribution in [0.1, 0.15) is 16.2 Å². The van der Waals surface area contributed by atoms with E-state index in [0.717, 1.165) is 5.69 Å². The van der Waals surface area contributed by atoms with E-state index in [4.69, 9.17) is 15.3 Å². The van der Waals surface area contributed by atoms with E-state index in [-0.39, 0.29) is 11.0 Å². The maximum atomic E-state index is 12.2. The number of benzene rings is 1. The van der Waals surface area contributed by atoms with Crippen LogP contribution in [0.25, 0.3) is 21.9 Å². The molecule has 0 aliphatic rings. The summed E-state index contributed by atoms with van der Waals surface area (Å²) in [6, 6.07) is 3.16. The summed E-state index contributed by atoms with van der Waals surface area (Å²) in [6.07, 6.45) is 1.70. The molecule has 0 saturated carbocycles. The van der Waals surface area contributed by atoms with Gasteiger partial charge in [-0.1, -0.05) is 6.08 Å². The zero-order valence-electron chi connectivity index (χ0n) is 12.3. The van der Waals surface area contributed by atoms with Crippen LogP contribution in [-0.4, -0.2) is 20.7 Å². The Morgan fingerprint density at radius 3 is 2.78 bits per heavy atom. The molecular formula is C16H14N2O5. The molecule has 0 aliphatic carbocycles. The molecule has 0 atom stereocenters. The van der Waals surface area contributed by atoms with Crippen molar-refractivity contribution in [3.63, 3.8) is 0 Å². The molecule has 0 aliphatic heterocycles. The Kier molecular flexibility index (Phi) is 3.14. The Morgan fingerprint density at radius 2 is 2.17 bits per heavy atom. The second-order valence-electron chi connectivity index (χ2n) is 5.15. The maximum absolute atomic E-state index is 12.2. The van der Waals surface area contributed by atoms with E-state index < -0.39 is 22.9 Å². The number of carboxylic acid groups (broad SMARTS) is 1. The summed E-state index contributed by atoms with van der Waals surface area (Å²) in [5.74, 6) is -3.26. The standard InChI is InChI=1S/C16H14N2O5/c1-3-6-18-7(2)11(17)10-9(18)5-4-8-12(19)13(20)15(16(21)22)23-14(8)10/h3-5,20H,1,6,17H2,2H3,(H,21,22). The minimum atomic E-state index is -1.53. The van der Waals surface area contributed by atoms with Gasteiger partial charge in [0, 0.05) is 12.2 Å². The molecule has 0 spiro atoms. The summed E-state index contributed by atoms with van der Waals surface area (Å²) >= 11 is 0. The fraction of sp³-hybridized carbons (Fsp3) is 0.125. The van der Waals surface area contributed by atoms with E-state index in [1.54, 1.807) is 19.1 Å². The first kappa shape index (κ1) is 14.7. The number of hydrogen-bond acceptors (Lipinski definition) is 5. The van der Waals surface area contributed by atoms with Crippen molar-refractivity contribution in [1.29, 1.82) is 0 Å². The van der Waals surface area contributed by atoms with Gasteiger partial charge in [-0.25, -0.2) is 4.79 Å². The van der Waals surface area contributed by atoms with Crippen molar-refractivity contribution in [1.82, 2.24) is 4.57 Å².